The van der Waals surface area contributed by atoms with Crippen molar-refractivity contribution in [1.29, 1.82) is 0 Å². The Kier molecular flexibility index (Phi) is 2.96. The molecule has 3 heterocycles. The van der Waals surface area contributed by atoms with Crippen LogP contribution in [0.3, 0.4) is 0 Å². The number of fused-ring (bicyclic) bond motifs is 1. The van der Waals surface area contributed by atoms with E-state index >= 15 is 0 Å². The van der Waals surface area contributed by atoms with Crippen LogP contribution in [0, 0.1) is 5.92 Å². The van der Waals surface area contributed by atoms with Gasteiger partial charge in [0.2, 0.25) is 0 Å². The van der Waals surface area contributed by atoms with Crippen molar-refractivity contribution in [2.45, 2.75) is 19.3 Å². The number of aromatic nitrogens is 2. The van der Waals surface area contributed by atoms with Crippen LogP contribution in [-0.4, -0.2) is 39.5 Å². The minimum atomic E-state index is 0.303. The molecule has 0 radical (unpaired) electrons. The molecule has 1 atom stereocenters. The van der Waals surface area contributed by atoms with E-state index in [4.69, 9.17) is 0 Å². The number of rotatable bonds is 2. The molecule has 0 aromatic carbocycles. The number of likely N-dealkylation sites (tertiary alicyclic amines) is 1. The van der Waals surface area contributed by atoms with Crippen LogP contribution < -0.4 is 0 Å². The van der Waals surface area contributed by atoms with Crippen LogP contribution in [-0.2, 0) is 6.42 Å². The molecule has 0 amide bonds. The molecule has 4 heteroatoms. The Morgan fingerprint density at radius 2 is 2.39 bits per heavy atom. The van der Waals surface area contributed by atoms with Crippen LogP contribution in [0.1, 0.15) is 18.7 Å². The maximum absolute atomic E-state index is 9.76. The second-order valence-electron chi connectivity index (χ2n) is 5.30. The molecule has 18 heavy (non-hydrogen) atoms. The van der Waals surface area contributed by atoms with Crippen molar-refractivity contribution in [3.05, 3.63) is 30.4 Å². The third kappa shape index (κ3) is 2.08. The van der Waals surface area contributed by atoms with Crippen LogP contribution in [0.15, 0.2) is 24.5 Å². The Bertz CT molecular complexity index is 549. The van der Waals surface area contributed by atoms with E-state index in [1.807, 2.05) is 16.7 Å². The summed E-state index contributed by atoms with van der Waals surface area (Å²) in [5.74, 6) is 2.04. The fourth-order valence-electron chi connectivity index (χ4n) is 2.91. The molecule has 1 aliphatic heterocycles. The number of piperidine rings is 1. The SMILES string of the molecule is CN1CCCC(Cc2ncc3c(O)cccn23)C1. The Hall–Kier alpha value is -1.55. The molecular weight excluding hydrogens is 226 g/mol. The van der Waals surface area contributed by atoms with Crippen LogP contribution in [0.25, 0.3) is 5.52 Å². The third-order valence-corrected chi connectivity index (χ3v) is 3.82. The van der Waals surface area contributed by atoms with Gasteiger partial charge in [-0.3, -0.25) is 0 Å². The highest BCUT2D eigenvalue weighted by Gasteiger charge is 2.19. The lowest BCUT2D eigenvalue weighted by atomic mass is 9.95. The second kappa shape index (κ2) is 4.61. The molecule has 4 nitrogen and oxygen atoms in total. The Morgan fingerprint density at radius 3 is 3.22 bits per heavy atom. The normalized spacial score (nSPS) is 21.5. The minimum absolute atomic E-state index is 0.303. The van der Waals surface area contributed by atoms with Crippen molar-refractivity contribution in [1.82, 2.24) is 14.3 Å². The van der Waals surface area contributed by atoms with E-state index in [-0.39, 0.29) is 0 Å². The van der Waals surface area contributed by atoms with Crippen LogP contribution >= 0.6 is 0 Å². The standard InChI is InChI=1S/C14H19N3O/c1-16-6-2-4-11(10-16)8-14-15-9-12-13(18)5-3-7-17(12)14/h3,5,7,9,11,18H,2,4,6,8,10H2,1H3. The molecule has 0 bridgehead atoms. The highest BCUT2D eigenvalue weighted by Crippen LogP contribution is 2.23. The number of imidazole rings is 1. The lowest BCUT2D eigenvalue weighted by Crippen LogP contribution is -2.33. The van der Waals surface area contributed by atoms with E-state index in [0.29, 0.717) is 11.7 Å². The molecule has 1 aliphatic rings. The van der Waals surface area contributed by atoms with Crippen LogP contribution in [0.2, 0.25) is 0 Å². The molecular formula is C14H19N3O. The quantitative estimate of drug-likeness (QED) is 0.879. The van der Waals surface area contributed by atoms with Gasteiger partial charge in [-0.25, -0.2) is 4.98 Å². The molecule has 1 N–H and O–H groups in total. The predicted molar refractivity (Wildman–Crippen MR) is 70.8 cm³/mol. The van der Waals surface area contributed by atoms with Gasteiger partial charge in [-0.15, -0.1) is 0 Å². The first-order valence-corrected chi connectivity index (χ1v) is 6.56. The van der Waals surface area contributed by atoms with E-state index in [1.54, 1.807) is 12.3 Å². The summed E-state index contributed by atoms with van der Waals surface area (Å²) >= 11 is 0. The summed E-state index contributed by atoms with van der Waals surface area (Å²) in [5, 5.41) is 9.76. The van der Waals surface area contributed by atoms with Gasteiger partial charge in [0.15, 0.2) is 0 Å². The van der Waals surface area contributed by atoms with Gasteiger partial charge in [-0.05, 0) is 44.5 Å². The first-order chi connectivity index (χ1) is 8.74. The summed E-state index contributed by atoms with van der Waals surface area (Å²) in [6.07, 6.45) is 7.27. The fourth-order valence-corrected chi connectivity index (χ4v) is 2.91. The van der Waals surface area contributed by atoms with Gasteiger partial charge in [-0.2, -0.15) is 0 Å². The molecule has 2 aromatic heterocycles. The van der Waals surface area contributed by atoms with Gasteiger partial charge in [0.25, 0.3) is 0 Å². The summed E-state index contributed by atoms with van der Waals surface area (Å²) < 4.78 is 2.00. The smallest absolute Gasteiger partial charge is 0.141 e. The van der Waals surface area contributed by atoms with E-state index in [2.05, 4.69) is 16.9 Å². The molecule has 2 aromatic rings. The van der Waals surface area contributed by atoms with E-state index in [0.717, 1.165) is 24.3 Å². The number of hydrogen-bond donors (Lipinski definition) is 1. The van der Waals surface area contributed by atoms with Gasteiger partial charge in [0, 0.05) is 19.2 Å². The highest BCUT2D eigenvalue weighted by molar-refractivity contribution is 5.58. The first-order valence-electron chi connectivity index (χ1n) is 6.56. The summed E-state index contributed by atoms with van der Waals surface area (Å²) in [5.41, 5.74) is 0.802. The molecule has 1 saturated heterocycles. The minimum Gasteiger partial charge on any atom is -0.506 e. The van der Waals surface area contributed by atoms with Crippen molar-refractivity contribution in [3.8, 4) is 5.75 Å². The van der Waals surface area contributed by atoms with E-state index in [9.17, 15) is 5.11 Å². The monoisotopic (exact) mass is 245 g/mol. The van der Waals surface area contributed by atoms with Crippen molar-refractivity contribution in [3.63, 3.8) is 0 Å². The third-order valence-electron chi connectivity index (χ3n) is 3.82. The molecule has 1 fully saturated rings. The largest absolute Gasteiger partial charge is 0.506 e. The van der Waals surface area contributed by atoms with Gasteiger partial charge >= 0.3 is 0 Å². The number of aromatic hydroxyl groups is 1. The Balaban J connectivity index is 1.84. The second-order valence-corrected chi connectivity index (χ2v) is 5.30. The van der Waals surface area contributed by atoms with E-state index in [1.165, 1.54) is 19.4 Å². The van der Waals surface area contributed by atoms with E-state index < -0.39 is 0 Å². The molecule has 3 rings (SSSR count). The van der Waals surface area contributed by atoms with Crippen LogP contribution in [0.4, 0.5) is 0 Å². The average Bonchev–Trinajstić information content (AvgIpc) is 2.74. The summed E-state index contributed by atoms with van der Waals surface area (Å²) in [4.78, 5) is 6.85. The highest BCUT2D eigenvalue weighted by atomic mass is 16.3. The van der Waals surface area contributed by atoms with Gasteiger partial charge < -0.3 is 14.4 Å². The predicted octanol–water partition coefficient (Wildman–Crippen LogP) is 1.92. The van der Waals surface area contributed by atoms with Gasteiger partial charge in [-0.1, -0.05) is 0 Å². The lowest BCUT2D eigenvalue weighted by Gasteiger charge is -2.29. The van der Waals surface area contributed by atoms with Crippen LogP contribution in [0.5, 0.6) is 5.75 Å². The number of nitrogens with zero attached hydrogens (tertiary/aromatic N) is 3. The Morgan fingerprint density at radius 1 is 1.50 bits per heavy atom. The fraction of sp³-hybridized carbons (Fsp3) is 0.500. The number of pyridine rings is 1. The van der Waals surface area contributed by atoms with Crippen molar-refractivity contribution >= 4 is 5.52 Å². The topological polar surface area (TPSA) is 40.8 Å². The first kappa shape index (κ1) is 11.5. The maximum Gasteiger partial charge on any atom is 0.141 e. The van der Waals surface area contributed by atoms with Crippen molar-refractivity contribution in [2.24, 2.45) is 5.92 Å². The zero-order valence-corrected chi connectivity index (χ0v) is 10.7. The molecule has 96 valence electrons. The Labute approximate surface area is 107 Å². The molecule has 0 saturated carbocycles. The van der Waals surface area contributed by atoms with Gasteiger partial charge in [0.1, 0.15) is 17.1 Å². The zero-order chi connectivity index (χ0) is 12.5. The van der Waals surface area contributed by atoms with Gasteiger partial charge in [0.05, 0.1) is 6.20 Å². The maximum atomic E-state index is 9.76. The molecule has 1 unspecified atom stereocenters. The zero-order valence-electron chi connectivity index (χ0n) is 10.7. The summed E-state index contributed by atoms with van der Waals surface area (Å²) in [6, 6.07) is 3.57. The molecule has 0 aliphatic carbocycles. The summed E-state index contributed by atoms with van der Waals surface area (Å²) in [6.45, 7) is 2.35. The summed E-state index contributed by atoms with van der Waals surface area (Å²) in [7, 11) is 2.18. The van der Waals surface area contributed by atoms with Crippen molar-refractivity contribution in [2.75, 3.05) is 20.1 Å². The number of hydrogen-bond acceptors (Lipinski definition) is 3. The van der Waals surface area contributed by atoms with Crippen molar-refractivity contribution < 1.29 is 5.11 Å². The lowest BCUT2D eigenvalue weighted by molar-refractivity contribution is 0.207. The molecule has 0 spiro atoms. The average molecular weight is 245 g/mol.